The number of nitrogens with zero attached hydrogens (tertiary/aromatic N) is 2. The van der Waals surface area contributed by atoms with Crippen molar-refractivity contribution in [3.63, 3.8) is 0 Å². The van der Waals surface area contributed by atoms with Gasteiger partial charge in [0.05, 0.1) is 6.54 Å². The highest BCUT2D eigenvalue weighted by molar-refractivity contribution is 5.95. The van der Waals surface area contributed by atoms with Crippen LogP contribution in [-0.2, 0) is 11.2 Å². The van der Waals surface area contributed by atoms with E-state index in [-0.39, 0.29) is 11.7 Å². The van der Waals surface area contributed by atoms with Crippen LogP contribution < -0.4 is 9.64 Å². The molecule has 0 radical (unpaired) electrons. The Morgan fingerprint density at radius 1 is 1.29 bits per heavy atom. The molecule has 5 heteroatoms. The number of fused-ring (bicyclic) bond motifs is 1. The summed E-state index contributed by atoms with van der Waals surface area (Å²) in [5.74, 6) is 0.258. The van der Waals surface area contributed by atoms with Crippen molar-refractivity contribution in [2.24, 2.45) is 0 Å². The van der Waals surface area contributed by atoms with Gasteiger partial charge in [-0.2, -0.15) is 0 Å². The minimum absolute atomic E-state index is 0.0249. The molecule has 4 nitrogen and oxygen atoms in total. The van der Waals surface area contributed by atoms with Crippen molar-refractivity contribution in [1.29, 1.82) is 0 Å². The molecule has 1 aromatic heterocycles. The van der Waals surface area contributed by atoms with Gasteiger partial charge < -0.3 is 9.64 Å². The normalized spacial score (nSPS) is 13.5. The number of carbonyl (C=O) groups is 1. The smallest absolute Gasteiger partial charge is 0.238 e. The van der Waals surface area contributed by atoms with Gasteiger partial charge in [0.25, 0.3) is 0 Å². The van der Waals surface area contributed by atoms with Gasteiger partial charge >= 0.3 is 0 Å². The van der Waals surface area contributed by atoms with Crippen molar-refractivity contribution in [1.82, 2.24) is 4.98 Å². The molecule has 2 aromatic rings. The number of aromatic nitrogens is 1. The summed E-state index contributed by atoms with van der Waals surface area (Å²) in [7, 11) is 0. The van der Waals surface area contributed by atoms with Crippen molar-refractivity contribution in [2.45, 2.75) is 12.8 Å². The van der Waals surface area contributed by atoms with Crippen LogP contribution in [0.1, 0.15) is 12.0 Å². The number of amides is 1. The van der Waals surface area contributed by atoms with Crippen LogP contribution in [0.4, 0.5) is 10.1 Å². The van der Waals surface area contributed by atoms with Gasteiger partial charge in [-0.3, -0.25) is 4.79 Å². The molecule has 0 aliphatic carbocycles. The molecule has 0 bridgehead atoms. The molecule has 0 fully saturated rings. The maximum Gasteiger partial charge on any atom is 0.238 e. The molecule has 0 N–H and O–H groups in total. The maximum atomic E-state index is 12.8. The van der Waals surface area contributed by atoms with Gasteiger partial charge in [-0.25, -0.2) is 9.37 Å². The van der Waals surface area contributed by atoms with E-state index in [0.29, 0.717) is 37.6 Å². The minimum atomic E-state index is -0.266. The zero-order valence-corrected chi connectivity index (χ0v) is 11.5. The van der Waals surface area contributed by atoms with E-state index in [1.807, 2.05) is 6.07 Å². The van der Waals surface area contributed by atoms with Crippen molar-refractivity contribution in [2.75, 3.05) is 18.1 Å². The molecule has 0 unspecified atom stereocenters. The molecule has 2 heterocycles. The molecular formula is C16H15FN2O2. The fourth-order valence-electron chi connectivity index (χ4n) is 2.35. The van der Waals surface area contributed by atoms with E-state index in [0.717, 1.165) is 5.56 Å². The monoisotopic (exact) mass is 286 g/mol. The Morgan fingerprint density at radius 2 is 2.10 bits per heavy atom. The van der Waals surface area contributed by atoms with Crippen molar-refractivity contribution < 1.29 is 13.9 Å². The Bertz CT molecular complexity index is 643. The van der Waals surface area contributed by atoms with E-state index in [1.165, 1.54) is 12.1 Å². The van der Waals surface area contributed by atoms with Crippen LogP contribution in [0.15, 0.2) is 42.6 Å². The second kappa shape index (κ2) is 5.91. The number of hydrogen-bond acceptors (Lipinski definition) is 3. The highest BCUT2D eigenvalue weighted by Crippen LogP contribution is 2.29. The molecular weight excluding hydrogens is 271 g/mol. The van der Waals surface area contributed by atoms with Crippen molar-refractivity contribution in [3.8, 4) is 5.88 Å². The quantitative estimate of drug-likeness (QED) is 0.871. The van der Waals surface area contributed by atoms with E-state index in [1.54, 1.807) is 29.3 Å². The Kier molecular flexibility index (Phi) is 3.81. The average molecular weight is 286 g/mol. The van der Waals surface area contributed by atoms with Gasteiger partial charge in [-0.05, 0) is 36.2 Å². The SMILES string of the molecule is O=C(CCc1ccc(F)cc1)N1CCOc2ncccc21. The lowest BCUT2D eigenvalue weighted by Gasteiger charge is -2.28. The summed E-state index contributed by atoms with van der Waals surface area (Å²) >= 11 is 0. The molecule has 21 heavy (non-hydrogen) atoms. The van der Waals surface area contributed by atoms with Gasteiger partial charge in [0, 0.05) is 12.6 Å². The second-order valence-electron chi connectivity index (χ2n) is 4.85. The zero-order valence-electron chi connectivity index (χ0n) is 11.5. The second-order valence-corrected chi connectivity index (χ2v) is 4.85. The molecule has 1 amide bonds. The summed E-state index contributed by atoms with van der Waals surface area (Å²) in [6.07, 6.45) is 2.61. The topological polar surface area (TPSA) is 42.4 Å². The molecule has 1 aliphatic heterocycles. The number of ether oxygens (including phenoxy) is 1. The van der Waals surface area contributed by atoms with Gasteiger partial charge in [0.1, 0.15) is 18.1 Å². The fourth-order valence-corrected chi connectivity index (χ4v) is 2.35. The van der Waals surface area contributed by atoms with Crippen molar-refractivity contribution in [3.05, 3.63) is 54.0 Å². The van der Waals surface area contributed by atoms with Gasteiger partial charge in [0.2, 0.25) is 11.8 Å². The third kappa shape index (κ3) is 3.02. The number of rotatable bonds is 3. The number of anilines is 1. The molecule has 3 rings (SSSR count). The lowest BCUT2D eigenvalue weighted by molar-refractivity contribution is -0.118. The summed E-state index contributed by atoms with van der Waals surface area (Å²) in [5.41, 5.74) is 1.66. The van der Waals surface area contributed by atoms with Crippen LogP contribution in [0.3, 0.4) is 0 Å². The first-order valence-corrected chi connectivity index (χ1v) is 6.86. The standard InChI is InChI=1S/C16H15FN2O2/c17-13-6-3-12(4-7-13)5-8-15(20)19-10-11-21-16-14(19)2-1-9-18-16/h1-4,6-7,9H,5,8,10-11H2. The van der Waals surface area contributed by atoms with E-state index in [9.17, 15) is 9.18 Å². The zero-order chi connectivity index (χ0) is 14.7. The Balaban J connectivity index is 1.68. The van der Waals surface area contributed by atoms with Crippen molar-refractivity contribution >= 4 is 11.6 Å². The van der Waals surface area contributed by atoms with Gasteiger partial charge in [0.15, 0.2) is 0 Å². The maximum absolute atomic E-state index is 12.8. The van der Waals surface area contributed by atoms with Gasteiger partial charge in [-0.15, -0.1) is 0 Å². The molecule has 0 atom stereocenters. The summed E-state index contributed by atoms with van der Waals surface area (Å²) in [6.45, 7) is 0.979. The average Bonchev–Trinajstić information content (AvgIpc) is 2.53. The number of benzene rings is 1. The van der Waals surface area contributed by atoms with Crippen LogP contribution in [0.2, 0.25) is 0 Å². The Hall–Kier alpha value is -2.43. The first-order chi connectivity index (χ1) is 10.2. The predicted molar refractivity (Wildman–Crippen MR) is 76.8 cm³/mol. The minimum Gasteiger partial charge on any atom is -0.474 e. The van der Waals surface area contributed by atoms with Gasteiger partial charge in [-0.1, -0.05) is 12.1 Å². The van der Waals surface area contributed by atoms with E-state index >= 15 is 0 Å². The van der Waals surface area contributed by atoms with Crippen LogP contribution in [0.25, 0.3) is 0 Å². The Labute approximate surface area is 122 Å². The largest absolute Gasteiger partial charge is 0.474 e. The fraction of sp³-hybridized carbons (Fsp3) is 0.250. The number of halogens is 1. The van der Waals surface area contributed by atoms with Crippen LogP contribution in [0, 0.1) is 5.82 Å². The molecule has 108 valence electrons. The molecule has 0 saturated carbocycles. The third-order valence-corrected chi connectivity index (χ3v) is 3.44. The van der Waals surface area contributed by atoms with E-state index in [4.69, 9.17) is 4.74 Å². The molecule has 0 spiro atoms. The predicted octanol–water partition coefficient (Wildman–Crippen LogP) is 2.58. The van der Waals surface area contributed by atoms with Crippen LogP contribution >= 0.6 is 0 Å². The van der Waals surface area contributed by atoms with E-state index in [2.05, 4.69) is 4.98 Å². The lowest BCUT2D eigenvalue weighted by Crippen LogP contribution is -2.38. The first-order valence-electron chi connectivity index (χ1n) is 6.86. The summed E-state index contributed by atoms with van der Waals surface area (Å²) in [6, 6.07) is 9.85. The summed E-state index contributed by atoms with van der Waals surface area (Å²) in [4.78, 5) is 18.2. The van der Waals surface area contributed by atoms with Crippen LogP contribution in [0.5, 0.6) is 5.88 Å². The third-order valence-electron chi connectivity index (χ3n) is 3.44. The summed E-state index contributed by atoms with van der Waals surface area (Å²) in [5, 5.41) is 0. The number of hydrogen-bond donors (Lipinski definition) is 0. The Morgan fingerprint density at radius 3 is 2.90 bits per heavy atom. The molecule has 0 saturated heterocycles. The highest BCUT2D eigenvalue weighted by atomic mass is 19.1. The number of pyridine rings is 1. The summed E-state index contributed by atoms with van der Waals surface area (Å²) < 4.78 is 18.3. The lowest BCUT2D eigenvalue weighted by atomic mass is 10.1. The first kappa shape index (κ1) is 13.5. The molecule has 1 aromatic carbocycles. The number of carbonyl (C=O) groups excluding carboxylic acids is 1. The molecule has 1 aliphatic rings. The number of aryl methyl sites for hydroxylation is 1. The van der Waals surface area contributed by atoms with E-state index < -0.39 is 0 Å². The van der Waals surface area contributed by atoms with Crippen LogP contribution in [-0.4, -0.2) is 24.0 Å². The highest BCUT2D eigenvalue weighted by Gasteiger charge is 2.23.